The Morgan fingerprint density at radius 2 is 1.81 bits per heavy atom. The van der Waals surface area contributed by atoms with Gasteiger partial charge in [-0.2, -0.15) is 0 Å². The van der Waals surface area contributed by atoms with Crippen LogP contribution in [0.25, 0.3) is 0 Å². The number of nitrogens with zero attached hydrogens (tertiary/aromatic N) is 1. The summed E-state index contributed by atoms with van der Waals surface area (Å²) >= 11 is 0. The van der Waals surface area contributed by atoms with Gasteiger partial charge >= 0.3 is 0 Å². The van der Waals surface area contributed by atoms with Crippen LogP contribution in [-0.2, 0) is 12.0 Å². The van der Waals surface area contributed by atoms with Crippen LogP contribution in [0, 0.1) is 5.41 Å². The molecule has 0 amide bonds. The summed E-state index contributed by atoms with van der Waals surface area (Å²) in [6.45, 7) is 1.11. The van der Waals surface area contributed by atoms with Crippen molar-refractivity contribution >= 4 is 0 Å². The van der Waals surface area contributed by atoms with Crippen LogP contribution in [0.4, 0.5) is 0 Å². The van der Waals surface area contributed by atoms with Crippen molar-refractivity contribution in [2.45, 2.75) is 50.5 Å². The Morgan fingerprint density at radius 1 is 1.06 bits per heavy atom. The molecule has 1 aliphatic heterocycles. The molecule has 2 heterocycles. The molecule has 86 valence electrons. The van der Waals surface area contributed by atoms with Crippen LogP contribution in [0.15, 0.2) is 6.33 Å². The summed E-state index contributed by atoms with van der Waals surface area (Å²) in [6.07, 6.45) is 11.4. The average molecular weight is 217 g/mol. The van der Waals surface area contributed by atoms with E-state index in [4.69, 9.17) is 0 Å². The van der Waals surface area contributed by atoms with Gasteiger partial charge in [-0.3, -0.25) is 0 Å². The van der Waals surface area contributed by atoms with Crippen LogP contribution >= 0.6 is 0 Å². The van der Waals surface area contributed by atoms with Crippen LogP contribution in [0.3, 0.4) is 0 Å². The van der Waals surface area contributed by atoms with Crippen molar-refractivity contribution < 1.29 is 0 Å². The van der Waals surface area contributed by atoms with Gasteiger partial charge in [0.2, 0.25) is 0 Å². The van der Waals surface area contributed by atoms with E-state index in [1.54, 1.807) is 0 Å². The number of hydrogen-bond acceptors (Lipinski definition) is 2. The highest BCUT2D eigenvalue weighted by molar-refractivity contribution is 5.26. The number of aromatic amines is 1. The predicted molar refractivity (Wildman–Crippen MR) is 62.1 cm³/mol. The minimum Gasteiger partial charge on any atom is -0.348 e. The molecule has 3 heteroatoms. The van der Waals surface area contributed by atoms with Gasteiger partial charge in [0.1, 0.15) is 0 Å². The second kappa shape index (κ2) is 2.89. The van der Waals surface area contributed by atoms with Crippen molar-refractivity contribution in [3.63, 3.8) is 0 Å². The fourth-order valence-electron chi connectivity index (χ4n) is 3.73. The van der Waals surface area contributed by atoms with Gasteiger partial charge in [-0.25, -0.2) is 4.98 Å². The van der Waals surface area contributed by atoms with Gasteiger partial charge in [-0.1, -0.05) is 0 Å². The third-order valence-corrected chi connectivity index (χ3v) is 5.13. The van der Waals surface area contributed by atoms with Gasteiger partial charge in [0.05, 0.1) is 17.6 Å². The molecule has 2 spiro atoms. The number of rotatable bonds is 0. The minimum atomic E-state index is 0.224. The Bertz CT molecular complexity index is 407. The molecule has 0 radical (unpaired) electrons. The zero-order valence-corrected chi connectivity index (χ0v) is 9.68. The molecule has 0 aromatic carbocycles. The highest BCUT2D eigenvalue weighted by Crippen LogP contribution is 2.59. The maximum atomic E-state index is 4.58. The van der Waals surface area contributed by atoms with Gasteiger partial charge < -0.3 is 10.3 Å². The Labute approximate surface area is 96.0 Å². The molecule has 1 aromatic rings. The summed E-state index contributed by atoms with van der Waals surface area (Å²) in [5, 5.41) is 3.76. The van der Waals surface area contributed by atoms with Crippen LogP contribution in [0.1, 0.15) is 49.9 Å². The first-order valence-corrected chi connectivity index (χ1v) is 6.60. The quantitative estimate of drug-likeness (QED) is 0.698. The van der Waals surface area contributed by atoms with Crippen molar-refractivity contribution in [3.8, 4) is 0 Å². The van der Waals surface area contributed by atoms with E-state index in [9.17, 15) is 0 Å². The largest absolute Gasteiger partial charge is 0.348 e. The summed E-state index contributed by atoms with van der Waals surface area (Å²) in [5.41, 5.74) is 3.70. The van der Waals surface area contributed by atoms with Gasteiger partial charge in [0.25, 0.3) is 0 Å². The molecule has 2 N–H and O–H groups in total. The third-order valence-electron chi connectivity index (χ3n) is 5.13. The molecule has 4 rings (SSSR count). The van der Waals surface area contributed by atoms with Crippen molar-refractivity contribution in [1.29, 1.82) is 0 Å². The fraction of sp³-hybridized carbons (Fsp3) is 0.769. The fourth-order valence-corrected chi connectivity index (χ4v) is 3.73. The molecule has 16 heavy (non-hydrogen) atoms. The maximum Gasteiger partial charge on any atom is 0.0926 e. The molecule has 0 saturated heterocycles. The van der Waals surface area contributed by atoms with Crippen LogP contribution < -0.4 is 5.32 Å². The molecular formula is C13H19N3. The van der Waals surface area contributed by atoms with Crippen molar-refractivity contribution in [2.75, 3.05) is 6.54 Å². The predicted octanol–water partition coefficient (Wildman–Crippen LogP) is 2.10. The molecule has 2 saturated carbocycles. The van der Waals surface area contributed by atoms with Gasteiger partial charge in [-0.05, 0) is 43.9 Å². The number of fused-ring (bicyclic) bond motifs is 2. The molecule has 0 atom stereocenters. The van der Waals surface area contributed by atoms with E-state index in [2.05, 4.69) is 15.3 Å². The normalized spacial score (nSPS) is 29.2. The van der Waals surface area contributed by atoms with Gasteiger partial charge in [-0.15, -0.1) is 0 Å². The van der Waals surface area contributed by atoms with Crippen molar-refractivity contribution in [1.82, 2.24) is 15.3 Å². The first-order valence-electron chi connectivity index (χ1n) is 6.60. The van der Waals surface area contributed by atoms with Crippen LogP contribution in [-0.4, -0.2) is 16.5 Å². The van der Waals surface area contributed by atoms with Gasteiger partial charge in [0.15, 0.2) is 0 Å². The lowest BCUT2D eigenvalue weighted by molar-refractivity contribution is 0.164. The lowest BCUT2D eigenvalue weighted by Crippen LogP contribution is -2.50. The SMILES string of the molecule is c1nc2c([nH]1)CCNC21CCC2(CC2)CC1. The standard InChI is InChI=1S/C13H19N3/c1-8-16-13(11-10(1)14-9-15-11)6-4-12(2-3-12)5-7-13/h9,16H,1-8H2,(H,14,15). The summed E-state index contributed by atoms with van der Waals surface area (Å²) in [5.74, 6) is 0. The van der Waals surface area contributed by atoms with Crippen molar-refractivity contribution in [3.05, 3.63) is 17.7 Å². The monoisotopic (exact) mass is 217 g/mol. The summed E-state index contributed by atoms with van der Waals surface area (Å²) in [4.78, 5) is 7.90. The molecular weight excluding hydrogens is 198 g/mol. The zero-order valence-electron chi connectivity index (χ0n) is 9.68. The second-order valence-electron chi connectivity index (χ2n) is 5.99. The second-order valence-corrected chi connectivity index (χ2v) is 5.99. The van der Waals surface area contributed by atoms with E-state index >= 15 is 0 Å². The van der Waals surface area contributed by atoms with E-state index < -0.39 is 0 Å². The summed E-state index contributed by atoms with van der Waals surface area (Å²) in [7, 11) is 0. The summed E-state index contributed by atoms with van der Waals surface area (Å²) < 4.78 is 0. The first-order chi connectivity index (χ1) is 7.82. The number of aromatic nitrogens is 2. The Kier molecular flexibility index (Phi) is 1.67. The molecule has 3 aliphatic rings. The smallest absolute Gasteiger partial charge is 0.0926 e. The first kappa shape index (κ1) is 9.23. The molecule has 0 unspecified atom stereocenters. The highest BCUT2D eigenvalue weighted by atomic mass is 15.1. The number of nitrogens with one attached hydrogen (secondary N) is 2. The topological polar surface area (TPSA) is 40.7 Å². The third kappa shape index (κ3) is 1.15. The maximum absolute atomic E-state index is 4.58. The van der Waals surface area contributed by atoms with Crippen LogP contribution in [0.5, 0.6) is 0 Å². The van der Waals surface area contributed by atoms with E-state index in [1.807, 2.05) is 6.33 Å². The lowest BCUT2D eigenvalue weighted by atomic mass is 9.71. The highest BCUT2D eigenvalue weighted by Gasteiger charge is 2.51. The van der Waals surface area contributed by atoms with E-state index in [1.165, 1.54) is 49.9 Å². The Hall–Kier alpha value is -0.830. The molecule has 2 fully saturated rings. The van der Waals surface area contributed by atoms with Gasteiger partial charge in [0, 0.05) is 18.7 Å². The van der Waals surface area contributed by atoms with E-state index in [0.29, 0.717) is 0 Å². The van der Waals surface area contributed by atoms with E-state index in [-0.39, 0.29) is 5.54 Å². The summed E-state index contributed by atoms with van der Waals surface area (Å²) in [6, 6.07) is 0. The Balaban J connectivity index is 1.68. The minimum absolute atomic E-state index is 0.224. The molecule has 3 nitrogen and oxygen atoms in total. The Morgan fingerprint density at radius 3 is 2.56 bits per heavy atom. The van der Waals surface area contributed by atoms with E-state index in [0.717, 1.165) is 18.4 Å². The zero-order chi connectivity index (χ0) is 10.6. The lowest BCUT2D eigenvalue weighted by Gasteiger charge is -2.43. The average Bonchev–Trinajstić information content (AvgIpc) is 2.89. The molecule has 2 aliphatic carbocycles. The molecule has 0 bridgehead atoms. The number of hydrogen-bond donors (Lipinski definition) is 2. The number of H-pyrrole nitrogens is 1. The molecule has 1 aromatic heterocycles. The van der Waals surface area contributed by atoms with Crippen molar-refractivity contribution in [2.24, 2.45) is 5.41 Å². The number of imidazole rings is 1. The van der Waals surface area contributed by atoms with Crippen LogP contribution in [0.2, 0.25) is 0 Å².